The van der Waals surface area contributed by atoms with E-state index in [4.69, 9.17) is 0 Å². The van der Waals surface area contributed by atoms with E-state index in [9.17, 15) is 9.90 Å². The van der Waals surface area contributed by atoms with E-state index in [-0.39, 0.29) is 18.1 Å². The maximum Gasteiger partial charge on any atom is 0.317 e. The number of rotatable bonds is 6. The fourth-order valence-corrected chi connectivity index (χ4v) is 3.94. The molecule has 2 fully saturated rings. The van der Waals surface area contributed by atoms with Gasteiger partial charge in [-0.3, -0.25) is 4.90 Å². The predicted molar refractivity (Wildman–Crippen MR) is 99.2 cm³/mol. The summed E-state index contributed by atoms with van der Waals surface area (Å²) in [5.41, 5.74) is 2.46. The number of benzene rings is 1. The average molecular weight is 345 g/mol. The number of amides is 2. The highest BCUT2D eigenvalue weighted by Gasteiger charge is 2.27. The molecule has 3 rings (SSSR count). The molecule has 0 radical (unpaired) electrons. The van der Waals surface area contributed by atoms with E-state index in [2.05, 4.69) is 34.5 Å². The van der Waals surface area contributed by atoms with Crippen LogP contribution in [-0.4, -0.2) is 53.7 Å². The summed E-state index contributed by atoms with van der Waals surface area (Å²) in [6, 6.07) is 8.47. The Hall–Kier alpha value is -1.59. The number of nitrogens with zero attached hydrogens (tertiary/aromatic N) is 2. The Balaban J connectivity index is 1.41. The van der Waals surface area contributed by atoms with Crippen LogP contribution in [0, 0.1) is 5.92 Å². The fourth-order valence-electron chi connectivity index (χ4n) is 3.94. The van der Waals surface area contributed by atoms with E-state index in [0.29, 0.717) is 13.1 Å². The second kappa shape index (κ2) is 8.68. The highest BCUT2D eigenvalue weighted by Crippen LogP contribution is 2.25. The molecule has 1 saturated heterocycles. The zero-order chi connectivity index (χ0) is 17.6. The molecule has 1 aliphatic heterocycles. The lowest BCUT2D eigenvalue weighted by Gasteiger charge is -2.23. The van der Waals surface area contributed by atoms with Crippen molar-refractivity contribution in [2.75, 3.05) is 26.7 Å². The van der Waals surface area contributed by atoms with Gasteiger partial charge in [-0.1, -0.05) is 30.7 Å². The number of likely N-dealkylation sites (tertiary alicyclic amines) is 1. The summed E-state index contributed by atoms with van der Waals surface area (Å²) in [6.07, 6.45) is 5.32. The molecule has 2 atom stereocenters. The van der Waals surface area contributed by atoms with E-state index >= 15 is 0 Å². The molecule has 2 N–H and O–H groups in total. The Morgan fingerprint density at radius 3 is 2.48 bits per heavy atom. The standard InChI is InChI=1S/C20H31N3O2/c1-22(15-18-5-4-6-19(18)24)20(25)21-13-16-7-9-17(10-8-16)14-23-11-2-3-12-23/h7-10,18-19,24H,2-6,11-15H2,1H3,(H,21,25). The van der Waals surface area contributed by atoms with Gasteiger partial charge in [0.2, 0.25) is 0 Å². The van der Waals surface area contributed by atoms with Crippen molar-refractivity contribution in [1.29, 1.82) is 0 Å². The van der Waals surface area contributed by atoms with Crippen LogP contribution in [0.3, 0.4) is 0 Å². The normalized spacial score (nSPS) is 23.8. The van der Waals surface area contributed by atoms with Gasteiger partial charge in [0.15, 0.2) is 0 Å². The third-order valence-electron chi connectivity index (χ3n) is 5.55. The molecule has 1 saturated carbocycles. The van der Waals surface area contributed by atoms with Crippen molar-refractivity contribution in [3.05, 3.63) is 35.4 Å². The number of aliphatic hydroxyl groups is 1. The third-order valence-corrected chi connectivity index (χ3v) is 5.55. The molecule has 1 aliphatic carbocycles. The molecule has 0 aromatic heterocycles. The second-order valence-electron chi connectivity index (χ2n) is 7.60. The van der Waals surface area contributed by atoms with Crippen molar-refractivity contribution in [1.82, 2.24) is 15.1 Å². The Morgan fingerprint density at radius 1 is 1.16 bits per heavy atom. The third kappa shape index (κ3) is 5.19. The summed E-state index contributed by atoms with van der Waals surface area (Å²) in [5, 5.41) is 12.9. The molecular formula is C20H31N3O2. The Labute approximate surface area is 151 Å². The summed E-state index contributed by atoms with van der Waals surface area (Å²) in [6.45, 7) is 4.61. The van der Waals surface area contributed by atoms with Gasteiger partial charge in [-0.25, -0.2) is 4.79 Å². The molecule has 0 spiro atoms. The summed E-state index contributed by atoms with van der Waals surface area (Å²) >= 11 is 0. The lowest BCUT2D eigenvalue weighted by atomic mass is 10.1. The second-order valence-corrected chi connectivity index (χ2v) is 7.60. The number of hydrogen-bond donors (Lipinski definition) is 2. The van der Waals surface area contributed by atoms with Crippen molar-refractivity contribution in [2.45, 2.75) is 51.3 Å². The van der Waals surface area contributed by atoms with Gasteiger partial charge in [-0.05, 0) is 49.9 Å². The van der Waals surface area contributed by atoms with Gasteiger partial charge in [-0.15, -0.1) is 0 Å². The van der Waals surface area contributed by atoms with Gasteiger partial charge >= 0.3 is 6.03 Å². The number of carbonyl (C=O) groups excluding carboxylic acids is 1. The van der Waals surface area contributed by atoms with E-state index in [0.717, 1.165) is 31.4 Å². The minimum Gasteiger partial charge on any atom is -0.393 e. The van der Waals surface area contributed by atoms with Crippen LogP contribution in [-0.2, 0) is 13.1 Å². The molecule has 0 bridgehead atoms. The first-order chi connectivity index (χ1) is 12.1. The molecule has 1 heterocycles. The molecule has 2 amide bonds. The van der Waals surface area contributed by atoms with Crippen molar-refractivity contribution < 1.29 is 9.90 Å². The van der Waals surface area contributed by atoms with Crippen molar-refractivity contribution in [3.63, 3.8) is 0 Å². The fraction of sp³-hybridized carbons (Fsp3) is 0.650. The molecule has 138 valence electrons. The minimum atomic E-state index is -0.251. The number of nitrogens with one attached hydrogen (secondary N) is 1. The van der Waals surface area contributed by atoms with Crippen LogP contribution in [0.1, 0.15) is 43.2 Å². The summed E-state index contributed by atoms with van der Waals surface area (Å²) in [7, 11) is 1.81. The lowest BCUT2D eigenvalue weighted by Crippen LogP contribution is -2.40. The summed E-state index contributed by atoms with van der Waals surface area (Å²) < 4.78 is 0. The smallest absolute Gasteiger partial charge is 0.317 e. The quantitative estimate of drug-likeness (QED) is 0.833. The highest BCUT2D eigenvalue weighted by molar-refractivity contribution is 5.73. The van der Waals surface area contributed by atoms with Crippen LogP contribution in [0.2, 0.25) is 0 Å². The Bertz CT molecular complexity index is 555. The number of aliphatic hydroxyl groups excluding tert-OH is 1. The molecule has 1 aromatic rings. The lowest BCUT2D eigenvalue weighted by molar-refractivity contribution is 0.114. The molecule has 5 heteroatoms. The van der Waals surface area contributed by atoms with Gasteiger partial charge in [0.25, 0.3) is 0 Å². The zero-order valence-electron chi connectivity index (χ0n) is 15.3. The molecule has 25 heavy (non-hydrogen) atoms. The molecular weight excluding hydrogens is 314 g/mol. The maximum absolute atomic E-state index is 12.2. The van der Waals surface area contributed by atoms with Gasteiger partial charge < -0.3 is 15.3 Å². The van der Waals surface area contributed by atoms with E-state index in [1.54, 1.807) is 11.9 Å². The van der Waals surface area contributed by atoms with Crippen LogP contribution >= 0.6 is 0 Å². The first-order valence-corrected chi connectivity index (χ1v) is 9.59. The Kier molecular flexibility index (Phi) is 6.32. The maximum atomic E-state index is 12.2. The van der Waals surface area contributed by atoms with Gasteiger partial charge in [0, 0.05) is 32.6 Å². The topological polar surface area (TPSA) is 55.8 Å². The van der Waals surface area contributed by atoms with Gasteiger partial charge in [0.05, 0.1) is 6.10 Å². The average Bonchev–Trinajstić information content (AvgIpc) is 3.26. The van der Waals surface area contributed by atoms with Crippen LogP contribution in [0.15, 0.2) is 24.3 Å². The number of urea groups is 1. The SMILES string of the molecule is CN(CC1CCCC1O)C(=O)NCc1ccc(CN2CCCC2)cc1. The Morgan fingerprint density at radius 2 is 1.84 bits per heavy atom. The van der Waals surface area contributed by atoms with E-state index in [1.807, 2.05) is 0 Å². The van der Waals surface area contributed by atoms with Crippen molar-refractivity contribution in [2.24, 2.45) is 5.92 Å². The largest absolute Gasteiger partial charge is 0.393 e. The summed E-state index contributed by atoms with van der Waals surface area (Å²) in [4.78, 5) is 16.4. The highest BCUT2D eigenvalue weighted by atomic mass is 16.3. The minimum absolute atomic E-state index is 0.0692. The van der Waals surface area contributed by atoms with Crippen molar-refractivity contribution >= 4 is 6.03 Å². The first-order valence-electron chi connectivity index (χ1n) is 9.59. The van der Waals surface area contributed by atoms with Crippen molar-refractivity contribution in [3.8, 4) is 0 Å². The van der Waals surface area contributed by atoms with Gasteiger partial charge in [-0.2, -0.15) is 0 Å². The molecule has 2 unspecified atom stereocenters. The van der Waals surface area contributed by atoms with Crippen LogP contribution in [0.25, 0.3) is 0 Å². The molecule has 2 aliphatic rings. The zero-order valence-corrected chi connectivity index (χ0v) is 15.3. The summed E-state index contributed by atoms with van der Waals surface area (Å²) in [5.74, 6) is 0.223. The molecule has 5 nitrogen and oxygen atoms in total. The van der Waals surface area contributed by atoms with E-state index < -0.39 is 0 Å². The first kappa shape index (κ1) is 18.2. The monoisotopic (exact) mass is 345 g/mol. The van der Waals surface area contributed by atoms with Crippen LogP contribution < -0.4 is 5.32 Å². The predicted octanol–water partition coefficient (Wildman–Crippen LogP) is 2.58. The molecule has 1 aromatic carbocycles. The van der Waals surface area contributed by atoms with Crippen LogP contribution in [0.5, 0.6) is 0 Å². The number of carbonyl (C=O) groups is 1. The van der Waals surface area contributed by atoms with Crippen LogP contribution in [0.4, 0.5) is 4.79 Å². The van der Waals surface area contributed by atoms with E-state index in [1.165, 1.54) is 31.5 Å². The number of hydrogen-bond acceptors (Lipinski definition) is 3. The van der Waals surface area contributed by atoms with Gasteiger partial charge in [0.1, 0.15) is 0 Å².